The van der Waals surface area contributed by atoms with Gasteiger partial charge in [-0.2, -0.15) is 0 Å². The molecular weight excluding hydrogens is 452 g/mol. The van der Waals surface area contributed by atoms with E-state index in [2.05, 4.69) is 20.6 Å². The third kappa shape index (κ3) is 5.32. The summed E-state index contributed by atoms with van der Waals surface area (Å²) in [6.07, 6.45) is 3.58. The highest BCUT2D eigenvalue weighted by molar-refractivity contribution is 6.30. The summed E-state index contributed by atoms with van der Waals surface area (Å²) in [7, 11) is 1.38. The summed E-state index contributed by atoms with van der Waals surface area (Å²) in [5.74, 6) is 0.182. The van der Waals surface area contributed by atoms with Crippen molar-refractivity contribution >= 4 is 40.2 Å². The van der Waals surface area contributed by atoms with Gasteiger partial charge in [0.15, 0.2) is 11.4 Å². The van der Waals surface area contributed by atoms with Gasteiger partial charge >= 0.3 is 11.7 Å². The van der Waals surface area contributed by atoms with Crippen molar-refractivity contribution in [2.45, 2.75) is 38.5 Å². The lowest BCUT2D eigenvalue weighted by Crippen LogP contribution is -2.38. The van der Waals surface area contributed by atoms with Crippen LogP contribution in [0.5, 0.6) is 5.75 Å². The summed E-state index contributed by atoms with van der Waals surface area (Å²) >= 11 is 6.15. The molecule has 11 nitrogen and oxygen atoms in total. The van der Waals surface area contributed by atoms with E-state index < -0.39 is 11.0 Å². The first-order valence-electron chi connectivity index (χ1n) is 10.4. The normalized spacial score (nSPS) is 14.2. The average molecular weight is 475 g/mol. The lowest BCUT2D eigenvalue weighted by atomic mass is 10.2. The summed E-state index contributed by atoms with van der Waals surface area (Å²) in [6, 6.07) is 5.97. The molecule has 2 heterocycles. The van der Waals surface area contributed by atoms with E-state index in [0.29, 0.717) is 22.8 Å². The van der Waals surface area contributed by atoms with E-state index in [-0.39, 0.29) is 35.8 Å². The SMILES string of the molecule is COc1ccc(COC[C@@H](C)NC(=O)n2cnc3c(NC4CC4)cc(Cl)nc32)cc1[N+](=O)[O-]. The lowest BCUT2D eigenvalue weighted by Gasteiger charge is -2.15. The number of hydrogen-bond donors (Lipinski definition) is 2. The highest BCUT2D eigenvalue weighted by Gasteiger charge is 2.24. The van der Waals surface area contributed by atoms with E-state index in [0.717, 1.165) is 18.5 Å². The van der Waals surface area contributed by atoms with Gasteiger partial charge in [0.1, 0.15) is 17.0 Å². The molecule has 1 fully saturated rings. The average Bonchev–Trinajstić information content (AvgIpc) is 3.49. The molecule has 0 unspecified atom stereocenters. The molecule has 174 valence electrons. The molecule has 12 heteroatoms. The fraction of sp³-hybridized carbons (Fsp3) is 0.381. The molecule has 3 aromatic rings. The molecule has 2 aromatic heterocycles. The maximum Gasteiger partial charge on any atom is 0.328 e. The topological polar surface area (TPSA) is 133 Å². The maximum atomic E-state index is 12.8. The van der Waals surface area contributed by atoms with Gasteiger partial charge in [-0.1, -0.05) is 17.7 Å². The predicted octanol–water partition coefficient (Wildman–Crippen LogP) is 3.74. The van der Waals surface area contributed by atoms with Crippen LogP contribution >= 0.6 is 11.6 Å². The Labute approximate surface area is 194 Å². The summed E-state index contributed by atoms with van der Waals surface area (Å²) < 4.78 is 11.9. The second-order valence-electron chi connectivity index (χ2n) is 7.83. The number of pyridine rings is 1. The summed E-state index contributed by atoms with van der Waals surface area (Å²) in [6.45, 7) is 2.13. The van der Waals surface area contributed by atoms with Gasteiger partial charge < -0.3 is 20.1 Å². The Morgan fingerprint density at radius 1 is 1.39 bits per heavy atom. The number of anilines is 1. The number of imidazole rings is 1. The predicted molar refractivity (Wildman–Crippen MR) is 122 cm³/mol. The molecule has 1 aromatic carbocycles. The van der Waals surface area contributed by atoms with Crippen molar-refractivity contribution in [3.8, 4) is 5.75 Å². The molecule has 1 saturated carbocycles. The number of rotatable bonds is 9. The molecule has 2 N–H and O–H groups in total. The Bertz CT molecular complexity index is 1200. The number of nitro benzene ring substituents is 1. The van der Waals surface area contributed by atoms with Crippen LogP contribution in [0.25, 0.3) is 11.2 Å². The molecule has 4 rings (SSSR count). The Kier molecular flexibility index (Phi) is 6.61. The number of methoxy groups -OCH3 is 1. The Morgan fingerprint density at radius 3 is 2.88 bits per heavy atom. The fourth-order valence-corrected chi connectivity index (χ4v) is 3.50. The van der Waals surface area contributed by atoms with Gasteiger partial charge in [-0.15, -0.1) is 0 Å². The van der Waals surface area contributed by atoms with Gasteiger partial charge in [0.2, 0.25) is 0 Å². The number of hydrogen-bond acceptors (Lipinski definition) is 8. The maximum absolute atomic E-state index is 12.8. The largest absolute Gasteiger partial charge is 0.490 e. The molecule has 1 amide bonds. The molecule has 1 aliphatic carbocycles. The molecule has 0 radical (unpaired) electrons. The quantitative estimate of drug-likeness (QED) is 0.272. The second-order valence-corrected chi connectivity index (χ2v) is 8.21. The van der Waals surface area contributed by atoms with Crippen LogP contribution in [0, 0.1) is 10.1 Å². The Balaban J connectivity index is 1.36. The smallest absolute Gasteiger partial charge is 0.328 e. The molecule has 0 aliphatic heterocycles. The van der Waals surface area contributed by atoms with Gasteiger partial charge in [0, 0.05) is 18.2 Å². The Hall–Kier alpha value is -3.44. The number of carbonyl (C=O) groups is 1. The second kappa shape index (κ2) is 9.59. The minimum atomic E-state index is -0.507. The molecule has 0 bridgehead atoms. The zero-order chi connectivity index (χ0) is 23.5. The number of carbonyl (C=O) groups excluding carboxylic acids is 1. The molecule has 1 atom stereocenters. The van der Waals surface area contributed by atoms with E-state index >= 15 is 0 Å². The van der Waals surface area contributed by atoms with Crippen molar-refractivity contribution < 1.29 is 19.2 Å². The van der Waals surface area contributed by atoms with Gasteiger partial charge in [-0.3, -0.25) is 10.1 Å². The van der Waals surface area contributed by atoms with Crippen molar-refractivity contribution in [3.63, 3.8) is 0 Å². The monoisotopic (exact) mass is 474 g/mol. The third-order valence-corrected chi connectivity index (χ3v) is 5.27. The lowest BCUT2D eigenvalue weighted by molar-refractivity contribution is -0.385. The van der Waals surface area contributed by atoms with Crippen molar-refractivity contribution in [3.05, 3.63) is 51.4 Å². The minimum Gasteiger partial charge on any atom is -0.490 e. The summed E-state index contributed by atoms with van der Waals surface area (Å²) in [5, 5.41) is 17.6. The number of halogens is 1. The standard InChI is InChI=1S/C21H23ClN6O5/c1-12(9-33-10-13-3-6-17(32-2)16(7-13)28(30)31)24-21(29)27-11-23-19-15(25-14-4-5-14)8-18(22)26-20(19)27/h3,6-8,11-12,14H,4-5,9-10H2,1-2H3,(H,24,29)(H,25,26)/t12-/m1/s1. The highest BCUT2D eigenvalue weighted by atomic mass is 35.5. The number of amides is 1. The van der Waals surface area contributed by atoms with Crippen LogP contribution in [0.15, 0.2) is 30.6 Å². The Morgan fingerprint density at radius 2 is 2.18 bits per heavy atom. The fourth-order valence-electron chi connectivity index (χ4n) is 3.31. The minimum absolute atomic E-state index is 0.131. The van der Waals surface area contributed by atoms with Crippen LogP contribution in [-0.4, -0.2) is 51.3 Å². The zero-order valence-electron chi connectivity index (χ0n) is 18.1. The van der Waals surface area contributed by atoms with Crippen LogP contribution < -0.4 is 15.4 Å². The van der Waals surface area contributed by atoms with Gasteiger partial charge in [0.05, 0.1) is 37.0 Å². The number of ether oxygens (including phenoxy) is 2. The van der Waals surface area contributed by atoms with Crippen LogP contribution in [0.4, 0.5) is 16.2 Å². The molecule has 0 spiro atoms. The summed E-state index contributed by atoms with van der Waals surface area (Å²) in [5.41, 5.74) is 2.18. The number of nitro groups is 1. The zero-order valence-corrected chi connectivity index (χ0v) is 18.8. The molecule has 33 heavy (non-hydrogen) atoms. The first-order valence-corrected chi connectivity index (χ1v) is 10.7. The molecule has 1 aliphatic rings. The van der Waals surface area contributed by atoms with Crippen molar-refractivity contribution in [1.82, 2.24) is 19.9 Å². The van der Waals surface area contributed by atoms with Gasteiger partial charge in [-0.05, 0) is 31.4 Å². The van der Waals surface area contributed by atoms with E-state index in [1.165, 1.54) is 30.1 Å². The third-order valence-electron chi connectivity index (χ3n) is 5.08. The van der Waals surface area contributed by atoms with E-state index in [1.54, 1.807) is 19.1 Å². The number of benzene rings is 1. The van der Waals surface area contributed by atoms with Crippen molar-refractivity contribution in [2.24, 2.45) is 0 Å². The van der Waals surface area contributed by atoms with Gasteiger partial charge in [0.25, 0.3) is 0 Å². The van der Waals surface area contributed by atoms with Crippen molar-refractivity contribution in [2.75, 3.05) is 19.0 Å². The number of nitrogens with one attached hydrogen (secondary N) is 2. The van der Waals surface area contributed by atoms with Crippen LogP contribution in [0.2, 0.25) is 5.15 Å². The van der Waals surface area contributed by atoms with E-state index in [4.69, 9.17) is 21.1 Å². The van der Waals surface area contributed by atoms with E-state index in [9.17, 15) is 14.9 Å². The van der Waals surface area contributed by atoms with Gasteiger partial charge in [-0.25, -0.2) is 19.3 Å². The van der Waals surface area contributed by atoms with Crippen molar-refractivity contribution in [1.29, 1.82) is 0 Å². The van der Waals surface area contributed by atoms with E-state index in [1.807, 2.05) is 0 Å². The number of aromatic nitrogens is 3. The first-order chi connectivity index (χ1) is 15.9. The summed E-state index contributed by atoms with van der Waals surface area (Å²) in [4.78, 5) is 32.0. The van der Waals surface area contributed by atoms with Crippen LogP contribution in [0.1, 0.15) is 25.3 Å². The number of fused-ring (bicyclic) bond motifs is 1. The number of nitrogens with zero attached hydrogens (tertiary/aromatic N) is 4. The highest BCUT2D eigenvalue weighted by Crippen LogP contribution is 2.30. The first kappa shape index (κ1) is 22.7. The van der Waals surface area contributed by atoms with Crippen LogP contribution in [0.3, 0.4) is 0 Å². The molecule has 0 saturated heterocycles. The molecular formula is C21H23ClN6O5. The van der Waals surface area contributed by atoms with Crippen LogP contribution in [-0.2, 0) is 11.3 Å².